The van der Waals surface area contributed by atoms with Gasteiger partial charge in [-0.15, -0.1) is 0 Å². The average molecular weight is 315 g/mol. The first-order valence-corrected chi connectivity index (χ1v) is 7.21. The second-order valence-corrected chi connectivity index (χ2v) is 5.68. The Bertz CT molecular complexity index is 545. The molecule has 0 atom stereocenters. The lowest BCUT2D eigenvalue weighted by molar-refractivity contribution is -0.897. The van der Waals surface area contributed by atoms with Crippen LogP contribution in [0.1, 0.15) is 12.8 Å². The molecule has 1 heterocycles. The number of nitrogens with one attached hydrogen (secondary N) is 2. The van der Waals surface area contributed by atoms with Crippen LogP contribution in [0.15, 0.2) is 18.2 Å². The highest BCUT2D eigenvalue weighted by atomic mass is 35.5. The molecular weight excluding hydrogens is 297 g/mol. The number of quaternary nitrogens is 1. The van der Waals surface area contributed by atoms with Crippen molar-refractivity contribution in [2.45, 2.75) is 12.8 Å². The molecule has 21 heavy (non-hydrogen) atoms. The highest BCUT2D eigenvalue weighted by Crippen LogP contribution is 2.22. The lowest BCUT2D eigenvalue weighted by Gasteiger charge is -2.27. The van der Waals surface area contributed by atoms with Gasteiger partial charge in [-0.1, -0.05) is 11.6 Å². The van der Waals surface area contributed by atoms with Gasteiger partial charge < -0.3 is 16.0 Å². The number of benzene rings is 1. The van der Waals surface area contributed by atoms with Gasteiger partial charge in [-0.3, -0.25) is 9.59 Å². The molecule has 0 aromatic heterocycles. The third kappa shape index (κ3) is 4.41. The number of rotatable bonds is 4. The Kier molecular flexibility index (Phi) is 5.14. The summed E-state index contributed by atoms with van der Waals surface area (Å²) < 4.78 is 12.9. The fraction of sp³-hybridized carbons (Fsp3) is 0.429. The summed E-state index contributed by atoms with van der Waals surface area (Å²) in [5.74, 6) is -0.979. The van der Waals surface area contributed by atoms with E-state index in [0.29, 0.717) is 25.1 Å². The van der Waals surface area contributed by atoms with Gasteiger partial charge in [0.15, 0.2) is 6.54 Å². The number of nitrogens with two attached hydrogens (primary N) is 1. The number of hydrogen-bond donors (Lipinski definition) is 3. The van der Waals surface area contributed by atoms with Crippen molar-refractivity contribution in [3.63, 3.8) is 0 Å². The summed E-state index contributed by atoms with van der Waals surface area (Å²) in [6.07, 6.45) is 1.41. The van der Waals surface area contributed by atoms with Gasteiger partial charge in [0.05, 0.1) is 23.8 Å². The molecule has 0 aliphatic carbocycles. The SMILES string of the molecule is NC(=O)C1CC[NH+](CC(=O)Nc2ccc(F)cc2Cl)CC1. The van der Waals surface area contributed by atoms with E-state index in [1.165, 1.54) is 12.1 Å². The third-order valence-electron chi connectivity index (χ3n) is 3.71. The number of carbonyl (C=O) groups excluding carboxylic acids is 2. The molecule has 2 amide bonds. The Balaban J connectivity index is 1.84. The summed E-state index contributed by atoms with van der Waals surface area (Å²) in [4.78, 5) is 24.1. The number of likely N-dealkylation sites (tertiary alicyclic amines) is 1. The summed E-state index contributed by atoms with van der Waals surface area (Å²) >= 11 is 5.86. The zero-order valence-electron chi connectivity index (χ0n) is 11.5. The second kappa shape index (κ2) is 6.87. The van der Waals surface area contributed by atoms with Crippen molar-refractivity contribution in [1.82, 2.24) is 0 Å². The van der Waals surface area contributed by atoms with Crippen LogP contribution in [0, 0.1) is 11.7 Å². The van der Waals surface area contributed by atoms with Crippen LogP contribution in [0.5, 0.6) is 0 Å². The van der Waals surface area contributed by atoms with Crippen LogP contribution >= 0.6 is 11.6 Å². The highest BCUT2D eigenvalue weighted by Gasteiger charge is 2.27. The van der Waals surface area contributed by atoms with Gasteiger partial charge in [0.2, 0.25) is 5.91 Å². The summed E-state index contributed by atoms with van der Waals surface area (Å²) in [5.41, 5.74) is 5.67. The van der Waals surface area contributed by atoms with Gasteiger partial charge in [-0.05, 0) is 18.2 Å². The van der Waals surface area contributed by atoms with Crippen molar-refractivity contribution in [1.29, 1.82) is 0 Å². The fourth-order valence-electron chi connectivity index (χ4n) is 2.50. The number of amides is 2. The Labute approximate surface area is 127 Å². The van der Waals surface area contributed by atoms with Crippen LogP contribution < -0.4 is 16.0 Å². The fourth-order valence-corrected chi connectivity index (χ4v) is 2.71. The molecule has 4 N–H and O–H groups in total. The highest BCUT2D eigenvalue weighted by molar-refractivity contribution is 6.33. The number of halogens is 2. The molecule has 1 fully saturated rings. The zero-order valence-corrected chi connectivity index (χ0v) is 12.3. The molecule has 0 saturated carbocycles. The van der Waals surface area contributed by atoms with E-state index in [1.807, 2.05) is 0 Å². The Morgan fingerprint density at radius 1 is 1.38 bits per heavy atom. The maximum Gasteiger partial charge on any atom is 0.279 e. The maximum absolute atomic E-state index is 12.9. The lowest BCUT2D eigenvalue weighted by atomic mass is 9.96. The third-order valence-corrected chi connectivity index (χ3v) is 4.02. The standard InChI is InChI=1S/C14H17ClFN3O2/c15-11-7-10(16)1-2-12(11)18-13(20)8-19-5-3-9(4-6-19)14(17)21/h1-2,7,9H,3-6,8H2,(H2,17,21)(H,18,20)/p+1. The smallest absolute Gasteiger partial charge is 0.279 e. The first kappa shape index (κ1) is 15.7. The van der Waals surface area contributed by atoms with Crippen molar-refractivity contribution >= 4 is 29.1 Å². The topological polar surface area (TPSA) is 76.6 Å². The summed E-state index contributed by atoms with van der Waals surface area (Å²) in [6.45, 7) is 1.76. The largest absolute Gasteiger partial charge is 0.369 e. The Hall–Kier alpha value is -1.66. The van der Waals surface area contributed by atoms with Crippen LogP contribution in [0.2, 0.25) is 5.02 Å². The first-order valence-electron chi connectivity index (χ1n) is 6.83. The number of carbonyl (C=O) groups is 2. The lowest BCUT2D eigenvalue weighted by Crippen LogP contribution is -3.14. The van der Waals surface area contributed by atoms with E-state index in [0.717, 1.165) is 24.1 Å². The predicted octanol–water partition coefficient (Wildman–Crippen LogP) is 0.198. The molecule has 1 aliphatic rings. The Morgan fingerprint density at radius 3 is 2.62 bits per heavy atom. The van der Waals surface area contributed by atoms with E-state index in [-0.39, 0.29) is 22.8 Å². The molecule has 0 bridgehead atoms. The normalized spacial score (nSPS) is 21.8. The molecule has 1 aromatic rings. The van der Waals surface area contributed by atoms with Crippen molar-refractivity contribution in [2.75, 3.05) is 25.0 Å². The predicted molar refractivity (Wildman–Crippen MR) is 77.5 cm³/mol. The van der Waals surface area contributed by atoms with E-state index >= 15 is 0 Å². The summed E-state index contributed by atoms with van der Waals surface area (Å²) in [5, 5.41) is 2.84. The molecule has 0 spiro atoms. The van der Waals surface area contributed by atoms with Crippen molar-refractivity contribution in [3.05, 3.63) is 29.0 Å². The van der Waals surface area contributed by atoms with Gasteiger partial charge >= 0.3 is 0 Å². The number of anilines is 1. The van der Waals surface area contributed by atoms with Gasteiger partial charge in [0.1, 0.15) is 5.82 Å². The number of piperidine rings is 1. The number of primary amides is 1. The minimum absolute atomic E-state index is 0.0802. The molecule has 1 aliphatic heterocycles. The van der Waals surface area contributed by atoms with Gasteiger partial charge in [0, 0.05) is 18.8 Å². The van der Waals surface area contributed by atoms with Crippen LogP contribution in [0.25, 0.3) is 0 Å². The van der Waals surface area contributed by atoms with Crippen molar-refractivity contribution in [2.24, 2.45) is 11.7 Å². The molecule has 1 saturated heterocycles. The molecule has 0 radical (unpaired) electrons. The summed E-state index contributed by atoms with van der Waals surface area (Å²) in [6, 6.07) is 3.83. The van der Waals surface area contributed by atoms with E-state index in [2.05, 4.69) is 5.32 Å². The molecular formula is C14H18ClFN3O2+. The minimum atomic E-state index is -0.447. The quantitative estimate of drug-likeness (QED) is 0.742. The molecule has 2 rings (SSSR count). The van der Waals surface area contributed by atoms with E-state index < -0.39 is 5.82 Å². The van der Waals surface area contributed by atoms with E-state index in [1.54, 1.807) is 0 Å². The minimum Gasteiger partial charge on any atom is -0.369 e. The molecule has 114 valence electrons. The van der Waals surface area contributed by atoms with Crippen LogP contribution in [0.4, 0.5) is 10.1 Å². The monoisotopic (exact) mass is 314 g/mol. The maximum atomic E-state index is 12.9. The number of hydrogen-bond acceptors (Lipinski definition) is 2. The van der Waals surface area contributed by atoms with Crippen molar-refractivity contribution in [3.8, 4) is 0 Å². The van der Waals surface area contributed by atoms with Gasteiger partial charge in [0.25, 0.3) is 5.91 Å². The first-order chi connectivity index (χ1) is 9.95. The van der Waals surface area contributed by atoms with Crippen LogP contribution in [0.3, 0.4) is 0 Å². The Morgan fingerprint density at radius 2 is 2.05 bits per heavy atom. The van der Waals surface area contributed by atoms with E-state index in [4.69, 9.17) is 17.3 Å². The van der Waals surface area contributed by atoms with Crippen molar-refractivity contribution < 1.29 is 18.9 Å². The second-order valence-electron chi connectivity index (χ2n) is 5.28. The van der Waals surface area contributed by atoms with Crippen LogP contribution in [-0.2, 0) is 9.59 Å². The van der Waals surface area contributed by atoms with Crippen LogP contribution in [-0.4, -0.2) is 31.4 Å². The summed E-state index contributed by atoms with van der Waals surface area (Å²) in [7, 11) is 0. The average Bonchev–Trinajstić information content (AvgIpc) is 2.42. The molecule has 0 unspecified atom stereocenters. The van der Waals surface area contributed by atoms with E-state index in [9.17, 15) is 14.0 Å². The van der Waals surface area contributed by atoms with Gasteiger partial charge in [-0.2, -0.15) is 0 Å². The molecule has 7 heteroatoms. The zero-order chi connectivity index (χ0) is 15.4. The van der Waals surface area contributed by atoms with Gasteiger partial charge in [-0.25, -0.2) is 4.39 Å². The molecule has 1 aromatic carbocycles. The molecule has 5 nitrogen and oxygen atoms in total.